The number of amides is 2. The number of aromatic carboxylic acids is 2. The Labute approximate surface area is 269 Å². The van der Waals surface area contributed by atoms with Crippen molar-refractivity contribution in [3.05, 3.63) is 131 Å². The van der Waals surface area contributed by atoms with E-state index in [0.717, 1.165) is 11.1 Å². The van der Waals surface area contributed by atoms with Crippen molar-refractivity contribution in [2.75, 3.05) is 0 Å². The van der Waals surface area contributed by atoms with Gasteiger partial charge in [0, 0.05) is 0 Å². The summed E-state index contributed by atoms with van der Waals surface area (Å²) in [5.41, 5.74) is 12.5. The second kappa shape index (κ2) is 19.6. The lowest BCUT2D eigenvalue weighted by Crippen LogP contribution is -2.25. The minimum Gasteiger partial charge on any atom is -0.507 e. The smallest absolute Gasteiger partial charge is 0.339 e. The van der Waals surface area contributed by atoms with Crippen LogP contribution in [0.25, 0.3) is 0 Å². The van der Waals surface area contributed by atoms with E-state index in [1.54, 1.807) is 24.3 Å². The maximum atomic E-state index is 11.2. The summed E-state index contributed by atoms with van der Waals surface area (Å²) in [6.45, 7) is 8.01. The molecule has 4 aromatic carbocycles. The van der Waals surface area contributed by atoms with Gasteiger partial charge in [0.2, 0.25) is 11.8 Å². The number of benzene rings is 4. The maximum Gasteiger partial charge on any atom is 0.339 e. The third-order valence-electron chi connectivity index (χ3n) is 6.53. The average molecular weight is 631 g/mol. The molecule has 0 saturated carbocycles. The molecule has 0 aromatic heterocycles. The van der Waals surface area contributed by atoms with E-state index in [1.807, 2.05) is 88.4 Å². The van der Waals surface area contributed by atoms with Crippen molar-refractivity contribution in [1.29, 1.82) is 0 Å². The number of hydrogen-bond donors (Lipinski definition) is 6. The number of aromatic hydroxyl groups is 2. The van der Waals surface area contributed by atoms with Crippen LogP contribution in [0.2, 0.25) is 0 Å². The zero-order chi connectivity index (χ0) is 34.8. The van der Waals surface area contributed by atoms with Gasteiger partial charge in [-0.05, 0) is 47.2 Å². The number of phenols is 2. The van der Waals surface area contributed by atoms with Gasteiger partial charge in [0.25, 0.3) is 0 Å². The molecular formula is C36H42N2O8. The summed E-state index contributed by atoms with van der Waals surface area (Å²) in [6, 6.07) is 30.9. The van der Waals surface area contributed by atoms with Crippen molar-refractivity contribution in [2.45, 2.75) is 39.5 Å². The quantitative estimate of drug-likeness (QED) is 0.136. The third-order valence-corrected chi connectivity index (χ3v) is 6.53. The molecule has 8 N–H and O–H groups in total. The zero-order valence-electron chi connectivity index (χ0n) is 26.3. The van der Waals surface area contributed by atoms with Gasteiger partial charge in [-0.25, -0.2) is 9.59 Å². The highest BCUT2D eigenvalue weighted by Gasteiger charge is 2.21. The molecule has 2 amide bonds. The SMILES string of the molecule is CC(C)[C@@H](C(N)=O)c1ccccc1.CC(C)[C@H](C(N)=O)c1ccccc1.O=C(O)c1ccccc1O.O=C(O)c1ccccc1O. The summed E-state index contributed by atoms with van der Waals surface area (Å²) in [5, 5.41) is 34.6. The largest absolute Gasteiger partial charge is 0.507 e. The van der Waals surface area contributed by atoms with Crippen LogP contribution in [0.15, 0.2) is 109 Å². The van der Waals surface area contributed by atoms with E-state index in [2.05, 4.69) is 0 Å². The highest BCUT2D eigenvalue weighted by molar-refractivity contribution is 5.91. The van der Waals surface area contributed by atoms with E-state index in [9.17, 15) is 19.2 Å². The molecule has 0 fully saturated rings. The van der Waals surface area contributed by atoms with Crippen LogP contribution in [0.4, 0.5) is 0 Å². The minimum absolute atomic E-state index is 0.0671. The first kappa shape index (κ1) is 38.4. The van der Waals surface area contributed by atoms with Crippen molar-refractivity contribution in [1.82, 2.24) is 0 Å². The number of rotatable bonds is 8. The van der Waals surface area contributed by atoms with Crippen LogP contribution in [-0.4, -0.2) is 44.2 Å². The van der Waals surface area contributed by atoms with Crippen LogP contribution < -0.4 is 11.5 Å². The van der Waals surface area contributed by atoms with Gasteiger partial charge >= 0.3 is 11.9 Å². The Balaban J connectivity index is 0.000000309. The molecule has 2 atom stereocenters. The molecule has 10 nitrogen and oxygen atoms in total. The number of carboxylic acid groups (broad SMARTS) is 2. The molecule has 0 heterocycles. The van der Waals surface area contributed by atoms with Gasteiger partial charge in [-0.3, -0.25) is 9.59 Å². The lowest BCUT2D eigenvalue weighted by molar-refractivity contribution is -0.121. The number of primary amides is 2. The predicted octanol–water partition coefficient (Wildman–Crippen LogP) is 6.00. The van der Waals surface area contributed by atoms with Crippen molar-refractivity contribution < 1.29 is 39.6 Å². The van der Waals surface area contributed by atoms with Crippen LogP contribution >= 0.6 is 0 Å². The number of nitrogens with two attached hydrogens (primary N) is 2. The Hall–Kier alpha value is -5.64. The first-order valence-corrected chi connectivity index (χ1v) is 14.4. The first-order valence-electron chi connectivity index (χ1n) is 14.4. The van der Waals surface area contributed by atoms with E-state index in [1.165, 1.54) is 24.3 Å². The van der Waals surface area contributed by atoms with Crippen LogP contribution in [-0.2, 0) is 9.59 Å². The predicted molar refractivity (Wildman–Crippen MR) is 177 cm³/mol. The van der Waals surface area contributed by atoms with Gasteiger partial charge in [0.1, 0.15) is 22.6 Å². The number of para-hydroxylation sites is 2. The molecule has 0 radical (unpaired) electrons. The van der Waals surface area contributed by atoms with Crippen LogP contribution in [0.1, 0.15) is 71.4 Å². The van der Waals surface area contributed by atoms with Crippen LogP contribution in [0.3, 0.4) is 0 Å². The molecule has 46 heavy (non-hydrogen) atoms. The van der Waals surface area contributed by atoms with Gasteiger partial charge < -0.3 is 31.9 Å². The summed E-state index contributed by atoms with van der Waals surface area (Å²) < 4.78 is 0. The Bertz CT molecular complexity index is 1420. The topological polar surface area (TPSA) is 201 Å². The zero-order valence-corrected chi connectivity index (χ0v) is 26.3. The van der Waals surface area contributed by atoms with Crippen LogP contribution in [0, 0.1) is 11.8 Å². The molecule has 0 bridgehead atoms. The van der Waals surface area contributed by atoms with Gasteiger partial charge in [0.15, 0.2) is 0 Å². The van der Waals surface area contributed by atoms with E-state index in [0.29, 0.717) is 0 Å². The summed E-state index contributed by atoms with van der Waals surface area (Å²) in [6.07, 6.45) is 0. The Morgan fingerprint density at radius 3 is 0.935 bits per heavy atom. The molecule has 244 valence electrons. The first-order chi connectivity index (χ1) is 21.7. The van der Waals surface area contributed by atoms with Crippen molar-refractivity contribution in [3.8, 4) is 11.5 Å². The fourth-order valence-electron chi connectivity index (χ4n) is 4.39. The Morgan fingerprint density at radius 1 is 0.478 bits per heavy atom. The maximum absolute atomic E-state index is 11.2. The van der Waals surface area contributed by atoms with E-state index in [-0.39, 0.29) is 58.1 Å². The molecule has 4 rings (SSSR count). The Morgan fingerprint density at radius 2 is 0.739 bits per heavy atom. The van der Waals surface area contributed by atoms with Gasteiger partial charge in [-0.1, -0.05) is 113 Å². The van der Waals surface area contributed by atoms with E-state index in [4.69, 9.17) is 31.9 Å². The molecule has 0 aliphatic rings. The standard InChI is InChI=1S/2C11H15NO.2C7H6O3/c2*1-8(2)10(11(12)13)9-6-4-3-5-7-9;2*8-6-4-2-1-3-5(6)7(9)10/h2*3-8,10H,1-2H3,(H2,12,13);2*1-4,8H,(H,9,10)/t2*10-;;/m10../s1. The summed E-state index contributed by atoms with van der Waals surface area (Å²) >= 11 is 0. The minimum atomic E-state index is -1.11. The molecule has 0 spiro atoms. The summed E-state index contributed by atoms with van der Waals surface area (Å²) in [5.74, 6) is -2.95. The lowest BCUT2D eigenvalue weighted by Gasteiger charge is -2.17. The second-order valence-electron chi connectivity index (χ2n) is 10.7. The number of hydrogen-bond acceptors (Lipinski definition) is 6. The Kier molecular flexibility index (Phi) is 16.4. The fourth-order valence-corrected chi connectivity index (χ4v) is 4.39. The van der Waals surface area contributed by atoms with Crippen LogP contribution in [0.5, 0.6) is 11.5 Å². The highest BCUT2D eigenvalue weighted by Crippen LogP contribution is 2.24. The second-order valence-corrected chi connectivity index (χ2v) is 10.7. The summed E-state index contributed by atoms with van der Waals surface area (Å²) in [4.78, 5) is 42.9. The van der Waals surface area contributed by atoms with Crippen molar-refractivity contribution in [2.24, 2.45) is 23.3 Å². The number of carbonyl (C=O) groups is 4. The normalized spacial score (nSPS) is 11.3. The van der Waals surface area contributed by atoms with Crippen molar-refractivity contribution >= 4 is 23.8 Å². The monoisotopic (exact) mass is 630 g/mol. The molecule has 4 aromatic rings. The van der Waals surface area contributed by atoms with E-state index < -0.39 is 11.9 Å². The number of carboxylic acids is 2. The average Bonchev–Trinajstić information content (AvgIpc) is 2.99. The van der Waals surface area contributed by atoms with Gasteiger partial charge in [0.05, 0.1) is 11.8 Å². The molecule has 10 heteroatoms. The molecular weight excluding hydrogens is 588 g/mol. The highest BCUT2D eigenvalue weighted by atomic mass is 16.4. The molecule has 0 aliphatic heterocycles. The molecule has 0 aliphatic carbocycles. The van der Waals surface area contributed by atoms with Gasteiger partial charge in [-0.15, -0.1) is 0 Å². The number of carbonyl (C=O) groups excluding carboxylic acids is 2. The lowest BCUT2D eigenvalue weighted by atomic mass is 9.88. The molecule has 0 saturated heterocycles. The van der Waals surface area contributed by atoms with Crippen molar-refractivity contribution in [3.63, 3.8) is 0 Å². The molecule has 0 unspecified atom stereocenters. The third kappa shape index (κ3) is 12.9. The fraction of sp³-hybridized carbons (Fsp3) is 0.222. The van der Waals surface area contributed by atoms with E-state index >= 15 is 0 Å². The summed E-state index contributed by atoms with van der Waals surface area (Å²) in [7, 11) is 0. The van der Waals surface area contributed by atoms with Gasteiger partial charge in [-0.2, -0.15) is 0 Å².